The number of hydrogen-bond acceptors (Lipinski definition) is 4. The fraction of sp³-hybridized carbons (Fsp3) is 0.111. The van der Waals surface area contributed by atoms with Gasteiger partial charge in [-0.05, 0) is 12.1 Å². The Labute approximate surface area is 84.8 Å². The second-order valence-electron chi connectivity index (χ2n) is 2.75. The number of carbonyl (C=O) groups is 1. The average Bonchev–Trinajstić information content (AvgIpc) is 2.62. The lowest BCUT2D eigenvalue weighted by Crippen LogP contribution is -2.21. The van der Waals surface area contributed by atoms with Crippen LogP contribution in [0.2, 0.25) is 0 Å². The maximum atomic E-state index is 11.1. The number of thiophene rings is 1. The Balaban J connectivity index is 2.38. The van der Waals surface area contributed by atoms with Crippen molar-refractivity contribution in [1.82, 2.24) is 4.98 Å². The van der Waals surface area contributed by atoms with E-state index >= 15 is 0 Å². The monoisotopic (exact) mass is 207 g/mol. The van der Waals surface area contributed by atoms with Crippen molar-refractivity contribution < 1.29 is 4.79 Å². The van der Waals surface area contributed by atoms with Crippen LogP contribution >= 0.6 is 11.3 Å². The summed E-state index contributed by atoms with van der Waals surface area (Å²) in [6.07, 6.45) is 1.70. The molecule has 0 fully saturated rings. The molecule has 0 saturated carbocycles. The predicted octanol–water partition coefficient (Wildman–Crippen LogP) is 1.19. The summed E-state index contributed by atoms with van der Waals surface area (Å²) in [6, 6.07) is 3.83. The molecule has 0 unspecified atom stereocenters. The normalized spacial score (nSPS) is 10.4. The molecule has 2 aromatic rings. The lowest BCUT2D eigenvalue weighted by atomic mass is 10.3. The first-order chi connectivity index (χ1) is 6.81. The maximum absolute atomic E-state index is 11.1. The number of anilines is 1. The Bertz CT molecular complexity index is 466. The summed E-state index contributed by atoms with van der Waals surface area (Å²) in [5.74, 6) is -0.199. The zero-order chi connectivity index (χ0) is 9.97. The van der Waals surface area contributed by atoms with Crippen LogP contribution in [0.5, 0.6) is 0 Å². The van der Waals surface area contributed by atoms with Gasteiger partial charge in [-0.1, -0.05) is 0 Å². The van der Waals surface area contributed by atoms with Crippen molar-refractivity contribution >= 4 is 33.1 Å². The molecule has 3 N–H and O–H groups in total. The molecule has 1 amide bonds. The number of aromatic nitrogens is 1. The third-order valence-electron chi connectivity index (χ3n) is 1.79. The van der Waals surface area contributed by atoms with E-state index in [0.29, 0.717) is 0 Å². The van der Waals surface area contributed by atoms with E-state index in [1.807, 2.05) is 17.5 Å². The second kappa shape index (κ2) is 3.73. The van der Waals surface area contributed by atoms with Crippen LogP contribution in [-0.4, -0.2) is 17.4 Å². The van der Waals surface area contributed by atoms with Gasteiger partial charge in [0.1, 0.15) is 5.52 Å². The number of nitrogens with zero attached hydrogens (tertiary/aromatic N) is 1. The van der Waals surface area contributed by atoms with Gasteiger partial charge in [-0.25, -0.2) is 0 Å². The molecule has 0 atom stereocenters. The van der Waals surface area contributed by atoms with Gasteiger partial charge in [0.2, 0.25) is 5.91 Å². The molecule has 2 heterocycles. The summed E-state index contributed by atoms with van der Waals surface area (Å²) in [4.78, 5) is 15.2. The van der Waals surface area contributed by atoms with Crippen molar-refractivity contribution in [2.24, 2.45) is 5.73 Å². The van der Waals surface area contributed by atoms with Crippen molar-refractivity contribution in [2.45, 2.75) is 0 Å². The predicted molar refractivity (Wildman–Crippen MR) is 57.3 cm³/mol. The number of nitrogens with two attached hydrogens (primary N) is 1. The number of hydrogen-bond donors (Lipinski definition) is 2. The lowest BCUT2D eigenvalue weighted by Gasteiger charge is -1.99. The van der Waals surface area contributed by atoms with Crippen molar-refractivity contribution in [1.29, 1.82) is 0 Å². The molecule has 0 radical (unpaired) electrons. The van der Waals surface area contributed by atoms with Crippen molar-refractivity contribution in [3.63, 3.8) is 0 Å². The third-order valence-corrected chi connectivity index (χ3v) is 2.73. The molecule has 2 aromatic heterocycles. The molecule has 14 heavy (non-hydrogen) atoms. The van der Waals surface area contributed by atoms with E-state index in [1.165, 1.54) is 0 Å². The minimum atomic E-state index is -0.199. The fourth-order valence-corrected chi connectivity index (χ4v) is 2.00. The summed E-state index contributed by atoms with van der Waals surface area (Å²) in [5, 5.41) is 4.56. The number of fused-ring (bicyclic) bond motifs is 1. The molecule has 2 rings (SSSR count). The summed E-state index contributed by atoms with van der Waals surface area (Å²) in [6.45, 7) is -0.00975. The van der Waals surface area contributed by atoms with Crippen LogP contribution in [-0.2, 0) is 4.79 Å². The van der Waals surface area contributed by atoms with Gasteiger partial charge in [0, 0.05) is 11.6 Å². The molecule has 72 valence electrons. The fourth-order valence-electron chi connectivity index (χ4n) is 1.16. The smallest absolute Gasteiger partial charge is 0.238 e. The maximum Gasteiger partial charge on any atom is 0.238 e. The van der Waals surface area contributed by atoms with E-state index in [1.54, 1.807) is 17.5 Å². The number of amides is 1. The third kappa shape index (κ3) is 1.59. The molecule has 0 aliphatic rings. The Kier molecular flexibility index (Phi) is 2.43. The Hall–Kier alpha value is -1.46. The molecular formula is C9H9N3OS. The van der Waals surface area contributed by atoms with E-state index in [9.17, 15) is 4.79 Å². The van der Waals surface area contributed by atoms with Crippen LogP contribution in [0.3, 0.4) is 0 Å². The van der Waals surface area contributed by atoms with E-state index < -0.39 is 0 Å². The van der Waals surface area contributed by atoms with Crippen molar-refractivity contribution in [3.8, 4) is 0 Å². The van der Waals surface area contributed by atoms with E-state index in [2.05, 4.69) is 10.3 Å². The van der Waals surface area contributed by atoms with Crippen LogP contribution in [0, 0.1) is 0 Å². The Morgan fingerprint density at radius 1 is 1.64 bits per heavy atom. The molecule has 0 aromatic carbocycles. The van der Waals surface area contributed by atoms with E-state index in [-0.39, 0.29) is 12.5 Å². The van der Waals surface area contributed by atoms with Crippen molar-refractivity contribution in [3.05, 3.63) is 23.7 Å². The first-order valence-electron chi connectivity index (χ1n) is 4.13. The first-order valence-corrected chi connectivity index (χ1v) is 5.01. The first kappa shape index (κ1) is 9.11. The highest BCUT2D eigenvalue weighted by Crippen LogP contribution is 2.27. The minimum Gasteiger partial charge on any atom is -0.322 e. The topological polar surface area (TPSA) is 68.0 Å². The van der Waals surface area contributed by atoms with E-state index in [4.69, 9.17) is 5.73 Å². The van der Waals surface area contributed by atoms with Gasteiger partial charge in [-0.15, -0.1) is 11.3 Å². The van der Waals surface area contributed by atoms with Crippen molar-refractivity contribution in [2.75, 3.05) is 11.9 Å². The minimum absolute atomic E-state index is 0.00975. The zero-order valence-electron chi connectivity index (χ0n) is 7.36. The lowest BCUT2D eigenvalue weighted by molar-refractivity contribution is -0.114. The van der Waals surface area contributed by atoms with Gasteiger partial charge in [0.05, 0.1) is 16.9 Å². The Morgan fingerprint density at radius 2 is 2.50 bits per heavy atom. The van der Waals surface area contributed by atoms with Gasteiger partial charge in [0.25, 0.3) is 0 Å². The van der Waals surface area contributed by atoms with Gasteiger partial charge in [-0.3, -0.25) is 9.78 Å². The molecule has 0 bridgehead atoms. The summed E-state index contributed by atoms with van der Waals surface area (Å²) in [5.41, 5.74) is 6.76. The summed E-state index contributed by atoms with van der Waals surface area (Å²) in [7, 11) is 0. The zero-order valence-corrected chi connectivity index (χ0v) is 8.17. The molecule has 0 spiro atoms. The molecule has 4 nitrogen and oxygen atoms in total. The molecular weight excluding hydrogens is 198 g/mol. The average molecular weight is 207 g/mol. The SMILES string of the molecule is NCC(=O)Nc1csc2cccnc12. The number of pyridine rings is 1. The van der Waals surface area contributed by atoms with Gasteiger partial charge < -0.3 is 11.1 Å². The van der Waals surface area contributed by atoms with E-state index in [0.717, 1.165) is 15.9 Å². The second-order valence-corrected chi connectivity index (χ2v) is 3.66. The van der Waals surface area contributed by atoms with Crippen LogP contribution < -0.4 is 11.1 Å². The highest BCUT2D eigenvalue weighted by molar-refractivity contribution is 7.17. The highest BCUT2D eigenvalue weighted by Gasteiger charge is 2.06. The van der Waals surface area contributed by atoms with Crippen LogP contribution in [0.15, 0.2) is 23.7 Å². The van der Waals surface area contributed by atoms with Gasteiger partial charge >= 0.3 is 0 Å². The van der Waals surface area contributed by atoms with Crippen LogP contribution in [0.1, 0.15) is 0 Å². The number of carbonyl (C=O) groups excluding carboxylic acids is 1. The molecule has 0 aliphatic heterocycles. The molecule has 5 heteroatoms. The number of nitrogens with one attached hydrogen (secondary N) is 1. The quantitative estimate of drug-likeness (QED) is 0.777. The van der Waals surface area contributed by atoms with Crippen LogP contribution in [0.4, 0.5) is 5.69 Å². The largest absolute Gasteiger partial charge is 0.322 e. The Morgan fingerprint density at radius 3 is 3.29 bits per heavy atom. The number of rotatable bonds is 2. The summed E-state index contributed by atoms with van der Waals surface area (Å²) >= 11 is 1.55. The standard InChI is InChI=1S/C9H9N3OS/c10-4-8(13)12-6-5-14-7-2-1-3-11-9(6)7/h1-3,5H,4,10H2,(H,12,13). The van der Waals surface area contributed by atoms with Gasteiger partial charge in [0.15, 0.2) is 0 Å². The summed E-state index contributed by atoms with van der Waals surface area (Å²) < 4.78 is 1.06. The molecule has 0 aliphatic carbocycles. The molecule has 0 saturated heterocycles. The van der Waals surface area contributed by atoms with Gasteiger partial charge in [-0.2, -0.15) is 0 Å². The van der Waals surface area contributed by atoms with Crippen LogP contribution in [0.25, 0.3) is 10.2 Å². The highest BCUT2D eigenvalue weighted by atomic mass is 32.1.